The lowest BCUT2D eigenvalue weighted by atomic mass is 10.2. The van der Waals surface area contributed by atoms with Crippen LogP contribution < -0.4 is 10.2 Å². The van der Waals surface area contributed by atoms with Gasteiger partial charge in [0.2, 0.25) is 0 Å². The number of likely N-dealkylation sites (N-methyl/N-ethyl adjacent to an activating group) is 1. The van der Waals surface area contributed by atoms with Crippen molar-refractivity contribution in [3.05, 3.63) is 40.7 Å². The van der Waals surface area contributed by atoms with Crippen molar-refractivity contribution in [1.82, 2.24) is 10.3 Å². The second kappa shape index (κ2) is 7.15. The van der Waals surface area contributed by atoms with Gasteiger partial charge in [-0.3, -0.25) is 4.79 Å². The molecule has 0 spiro atoms. The smallest absolute Gasteiger partial charge is 0.275 e. The fraction of sp³-hybridized carbons (Fsp3) is 0.333. The molecule has 126 valence electrons. The van der Waals surface area contributed by atoms with E-state index in [-0.39, 0.29) is 11.9 Å². The molecule has 1 unspecified atom stereocenters. The van der Waals surface area contributed by atoms with Gasteiger partial charge in [-0.2, -0.15) is 0 Å². The highest BCUT2D eigenvalue weighted by atomic mass is 32.1. The molecule has 3 aromatic rings. The van der Waals surface area contributed by atoms with E-state index >= 15 is 0 Å². The van der Waals surface area contributed by atoms with Crippen LogP contribution in [0.1, 0.15) is 18.9 Å². The summed E-state index contributed by atoms with van der Waals surface area (Å²) in [5.74, 6) is 0.852. The summed E-state index contributed by atoms with van der Waals surface area (Å²) in [7, 11) is 2.00. The highest BCUT2D eigenvalue weighted by Crippen LogP contribution is 2.28. The van der Waals surface area contributed by atoms with Crippen LogP contribution in [0.4, 0.5) is 0 Å². The molecule has 0 aliphatic carbocycles. The van der Waals surface area contributed by atoms with E-state index in [9.17, 15) is 4.79 Å². The number of aromatic nitrogens is 1. The topological polar surface area (TPSA) is 59.6 Å². The molecule has 6 heteroatoms. The van der Waals surface area contributed by atoms with Crippen molar-refractivity contribution in [2.24, 2.45) is 0 Å². The zero-order valence-corrected chi connectivity index (χ0v) is 14.9. The zero-order chi connectivity index (χ0) is 17.1. The lowest BCUT2D eigenvalue weighted by Gasteiger charge is -2.13. The van der Waals surface area contributed by atoms with Gasteiger partial charge in [0.1, 0.15) is 22.8 Å². The minimum Gasteiger partial charge on any atom is -0.454 e. The Morgan fingerprint density at radius 3 is 2.92 bits per heavy atom. The third kappa shape index (κ3) is 4.01. The minimum atomic E-state index is 0.0663. The van der Waals surface area contributed by atoms with Crippen molar-refractivity contribution in [3.63, 3.8) is 0 Å². The molecule has 0 bridgehead atoms. The predicted octanol–water partition coefficient (Wildman–Crippen LogP) is 2.10. The van der Waals surface area contributed by atoms with Gasteiger partial charge in [-0.05, 0) is 26.0 Å². The second-order valence-corrected chi connectivity index (χ2v) is 7.25. The highest BCUT2D eigenvalue weighted by Gasteiger charge is 2.15. The number of thiazole rings is 1. The maximum atomic E-state index is 11.8. The van der Waals surface area contributed by atoms with Gasteiger partial charge in [-0.1, -0.05) is 18.2 Å². The van der Waals surface area contributed by atoms with Crippen LogP contribution >= 0.6 is 11.3 Å². The van der Waals surface area contributed by atoms with Crippen molar-refractivity contribution in [3.8, 4) is 11.5 Å². The Bertz CT molecular complexity index is 805. The number of benzene rings is 1. The zero-order valence-electron chi connectivity index (χ0n) is 14.1. The van der Waals surface area contributed by atoms with Crippen LogP contribution in [0.25, 0.3) is 22.4 Å². The number of carbonyl (C=O) groups is 1. The van der Waals surface area contributed by atoms with E-state index in [2.05, 4.69) is 10.3 Å². The van der Waals surface area contributed by atoms with Gasteiger partial charge in [0, 0.05) is 16.8 Å². The number of carbonyl (C=O) groups excluding carboxylic acids is 1. The molecule has 0 saturated carbocycles. The van der Waals surface area contributed by atoms with Crippen molar-refractivity contribution >= 4 is 28.2 Å². The predicted molar refractivity (Wildman–Crippen MR) is 96.1 cm³/mol. The fourth-order valence-corrected chi connectivity index (χ4v) is 3.48. The molecular formula is C18H22N3O2S+. The summed E-state index contributed by atoms with van der Waals surface area (Å²) in [5.41, 5.74) is 1.72. The van der Waals surface area contributed by atoms with Gasteiger partial charge in [-0.25, -0.2) is 4.98 Å². The molecular weight excluding hydrogens is 322 g/mol. The third-order valence-corrected chi connectivity index (χ3v) is 4.44. The van der Waals surface area contributed by atoms with Crippen molar-refractivity contribution in [2.75, 3.05) is 13.6 Å². The summed E-state index contributed by atoms with van der Waals surface area (Å²) < 4.78 is 5.85. The van der Waals surface area contributed by atoms with Crippen LogP contribution in [0, 0.1) is 0 Å². The van der Waals surface area contributed by atoms with Gasteiger partial charge < -0.3 is 14.6 Å². The van der Waals surface area contributed by atoms with Crippen LogP contribution in [0.15, 0.2) is 40.1 Å². The van der Waals surface area contributed by atoms with Crippen LogP contribution in [0.2, 0.25) is 0 Å². The average molecular weight is 344 g/mol. The van der Waals surface area contributed by atoms with E-state index in [0.717, 1.165) is 38.9 Å². The van der Waals surface area contributed by atoms with Gasteiger partial charge in [-0.15, -0.1) is 11.3 Å². The van der Waals surface area contributed by atoms with Gasteiger partial charge in [0.05, 0.1) is 7.05 Å². The minimum absolute atomic E-state index is 0.0663. The highest BCUT2D eigenvalue weighted by molar-refractivity contribution is 7.09. The van der Waals surface area contributed by atoms with E-state index in [1.807, 2.05) is 56.6 Å². The largest absolute Gasteiger partial charge is 0.454 e. The fourth-order valence-electron chi connectivity index (χ4n) is 2.58. The third-order valence-electron chi connectivity index (χ3n) is 3.59. The lowest BCUT2D eigenvalue weighted by Crippen LogP contribution is -3.09. The molecule has 0 fully saturated rings. The normalized spacial score (nSPS) is 12.7. The molecule has 0 saturated heterocycles. The monoisotopic (exact) mass is 344 g/mol. The number of nitrogens with one attached hydrogen (secondary N) is 2. The molecule has 5 nitrogen and oxygen atoms in total. The maximum Gasteiger partial charge on any atom is 0.275 e. The van der Waals surface area contributed by atoms with Gasteiger partial charge in [0.25, 0.3) is 5.91 Å². The first-order chi connectivity index (χ1) is 11.5. The molecule has 24 heavy (non-hydrogen) atoms. The Balaban J connectivity index is 1.66. The molecule has 2 aromatic heterocycles. The number of hydrogen-bond acceptors (Lipinski definition) is 4. The summed E-state index contributed by atoms with van der Waals surface area (Å²) in [5, 5.41) is 7.00. The number of hydrogen-bond donors (Lipinski definition) is 2. The van der Waals surface area contributed by atoms with Crippen molar-refractivity contribution < 1.29 is 14.1 Å². The van der Waals surface area contributed by atoms with Crippen molar-refractivity contribution in [2.45, 2.75) is 26.4 Å². The van der Waals surface area contributed by atoms with Gasteiger partial charge >= 0.3 is 0 Å². The van der Waals surface area contributed by atoms with Crippen LogP contribution in [0.5, 0.6) is 0 Å². The molecule has 0 radical (unpaired) electrons. The Morgan fingerprint density at radius 1 is 1.38 bits per heavy atom. The van der Waals surface area contributed by atoms with E-state index in [4.69, 9.17) is 4.42 Å². The Hall–Kier alpha value is -2.18. The summed E-state index contributed by atoms with van der Waals surface area (Å²) in [4.78, 5) is 17.6. The SMILES string of the molecule is CC(C)NC(=O)C[NH+](C)Cc1nc(-c2cc3ccccc3o2)cs1. The molecule has 2 heterocycles. The van der Waals surface area contributed by atoms with Crippen LogP contribution in [-0.2, 0) is 11.3 Å². The maximum absolute atomic E-state index is 11.8. The van der Waals surface area contributed by atoms with Gasteiger partial charge in [0.15, 0.2) is 12.3 Å². The molecule has 0 aliphatic heterocycles. The van der Waals surface area contributed by atoms with Crippen LogP contribution in [0.3, 0.4) is 0 Å². The van der Waals surface area contributed by atoms with Crippen LogP contribution in [-0.4, -0.2) is 30.5 Å². The number of rotatable bonds is 6. The molecule has 0 aliphatic rings. The second-order valence-electron chi connectivity index (χ2n) is 6.31. The number of amides is 1. The first-order valence-electron chi connectivity index (χ1n) is 8.05. The molecule has 1 atom stereocenters. The summed E-state index contributed by atoms with van der Waals surface area (Å²) in [6.45, 7) is 5.09. The number of nitrogens with zero attached hydrogens (tertiary/aromatic N) is 1. The quantitative estimate of drug-likeness (QED) is 0.720. The first kappa shape index (κ1) is 16.7. The Labute approximate surface area is 145 Å². The summed E-state index contributed by atoms with van der Waals surface area (Å²) in [6.07, 6.45) is 0. The molecule has 1 aromatic carbocycles. The van der Waals surface area contributed by atoms with Crippen molar-refractivity contribution in [1.29, 1.82) is 0 Å². The number of fused-ring (bicyclic) bond motifs is 1. The average Bonchev–Trinajstić information content (AvgIpc) is 3.11. The molecule has 3 rings (SSSR count). The number of furan rings is 1. The Morgan fingerprint density at radius 2 is 2.17 bits per heavy atom. The lowest BCUT2D eigenvalue weighted by molar-refractivity contribution is -0.885. The van der Waals surface area contributed by atoms with E-state index in [0.29, 0.717) is 6.54 Å². The first-order valence-corrected chi connectivity index (χ1v) is 8.93. The molecule has 2 N–H and O–H groups in total. The van der Waals surface area contributed by atoms with E-state index in [1.54, 1.807) is 11.3 Å². The molecule has 1 amide bonds. The summed E-state index contributed by atoms with van der Waals surface area (Å²) >= 11 is 1.60. The summed E-state index contributed by atoms with van der Waals surface area (Å²) in [6, 6.07) is 10.1. The standard InChI is InChI=1S/C18H21N3O2S/c1-12(2)19-17(22)9-21(3)10-18-20-14(11-24-18)16-8-13-6-4-5-7-15(13)23-16/h4-8,11-12H,9-10H2,1-3H3,(H,19,22)/p+1. The number of para-hydroxylation sites is 1. The number of quaternary nitrogens is 1. The van der Waals surface area contributed by atoms with E-state index < -0.39 is 0 Å². The Kier molecular flexibility index (Phi) is 4.97. The van der Waals surface area contributed by atoms with E-state index in [1.165, 1.54) is 0 Å².